The molecule has 1 aliphatic rings. The Labute approximate surface area is 214 Å². The van der Waals surface area contributed by atoms with Crippen LogP contribution in [0.4, 0.5) is 0 Å². The van der Waals surface area contributed by atoms with E-state index in [1.165, 1.54) is 0 Å². The van der Waals surface area contributed by atoms with Gasteiger partial charge in [0.05, 0.1) is 26.2 Å². The van der Waals surface area contributed by atoms with E-state index < -0.39 is 5.54 Å². The van der Waals surface area contributed by atoms with Crippen LogP contribution in [0.2, 0.25) is 10.0 Å². The first kappa shape index (κ1) is 24.5. The number of thiophene rings is 1. The van der Waals surface area contributed by atoms with E-state index >= 15 is 0 Å². The van der Waals surface area contributed by atoms with Crippen molar-refractivity contribution < 1.29 is 4.79 Å². The van der Waals surface area contributed by atoms with Gasteiger partial charge in [-0.15, -0.1) is 11.3 Å². The lowest BCUT2D eigenvalue weighted by Crippen LogP contribution is -2.44. The topological polar surface area (TPSA) is 50.5 Å². The summed E-state index contributed by atoms with van der Waals surface area (Å²) in [6.07, 6.45) is 0. The second-order valence-electron chi connectivity index (χ2n) is 9.85. The van der Waals surface area contributed by atoms with E-state index in [-0.39, 0.29) is 11.3 Å². The fraction of sp³-hybridized carbons (Fsp3) is 0.346. The van der Waals surface area contributed by atoms with Crippen molar-refractivity contribution in [2.45, 2.75) is 47.1 Å². The second-order valence-corrected chi connectivity index (χ2v) is 11.8. The molecule has 1 aromatic carbocycles. The monoisotopic (exact) mass is 512 g/mol. The Kier molecular flexibility index (Phi) is 6.18. The van der Waals surface area contributed by atoms with E-state index in [1.54, 1.807) is 23.5 Å². The van der Waals surface area contributed by atoms with Crippen molar-refractivity contribution in [1.82, 2.24) is 14.7 Å². The van der Waals surface area contributed by atoms with Crippen molar-refractivity contribution in [3.8, 4) is 28.1 Å². The molecule has 0 atom stereocenters. The van der Waals surface area contributed by atoms with E-state index in [2.05, 4.69) is 37.6 Å². The summed E-state index contributed by atoms with van der Waals surface area (Å²) in [7, 11) is 1.86. The first-order valence-electron chi connectivity index (χ1n) is 10.9. The number of carbonyl (C=O) groups is 1. The highest BCUT2D eigenvalue weighted by molar-refractivity contribution is 7.16. The van der Waals surface area contributed by atoms with Gasteiger partial charge in [0, 0.05) is 23.0 Å². The molecular weight excluding hydrogens is 487 g/mol. The molecule has 4 rings (SSSR count). The zero-order chi connectivity index (χ0) is 25.0. The standard InChI is InChI=1S/C26H26Cl2N4OS/c1-15-21(23-29-24(33)26(5,6)31(23)7)30-32(19-10-8-16(27)14-18(19)28)22(15)20-11-9-17(34-20)12-13-25(2,3)4/h8-11,14H,1-7H3. The molecule has 2 aromatic heterocycles. The average molecular weight is 513 g/mol. The Bertz CT molecular complexity index is 1400. The molecule has 0 saturated heterocycles. The van der Waals surface area contributed by atoms with Crippen molar-refractivity contribution in [3.05, 3.63) is 56.5 Å². The molecular formula is C26H26Cl2N4OS. The molecule has 0 bridgehead atoms. The smallest absolute Gasteiger partial charge is 0.273 e. The lowest BCUT2D eigenvalue weighted by atomic mass is 9.98. The summed E-state index contributed by atoms with van der Waals surface area (Å²) in [5, 5.41) is 5.93. The minimum atomic E-state index is -0.734. The molecule has 0 spiro atoms. The summed E-state index contributed by atoms with van der Waals surface area (Å²) in [4.78, 5) is 20.7. The van der Waals surface area contributed by atoms with Crippen molar-refractivity contribution >= 4 is 46.3 Å². The van der Waals surface area contributed by atoms with Gasteiger partial charge in [0.25, 0.3) is 5.91 Å². The number of halogens is 2. The molecule has 5 nitrogen and oxygen atoms in total. The van der Waals surface area contributed by atoms with E-state index in [0.717, 1.165) is 21.0 Å². The summed E-state index contributed by atoms with van der Waals surface area (Å²) in [5.74, 6) is 6.91. The van der Waals surface area contributed by atoms with Gasteiger partial charge in [0.15, 0.2) is 5.84 Å². The molecule has 3 heterocycles. The van der Waals surface area contributed by atoms with Gasteiger partial charge in [-0.3, -0.25) is 4.79 Å². The van der Waals surface area contributed by atoms with Crippen LogP contribution >= 0.6 is 34.5 Å². The zero-order valence-corrected chi connectivity index (χ0v) is 22.6. The fourth-order valence-electron chi connectivity index (χ4n) is 3.53. The van der Waals surface area contributed by atoms with Gasteiger partial charge in [-0.05, 0) is 71.9 Å². The number of hydrogen-bond donors (Lipinski definition) is 0. The number of aliphatic imine (C=N–C) groups is 1. The third kappa shape index (κ3) is 4.40. The Balaban J connectivity index is 1.92. The van der Waals surface area contributed by atoms with Gasteiger partial charge < -0.3 is 4.90 Å². The summed E-state index contributed by atoms with van der Waals surface area (Å²) >= 11 is 14.3. The number of carbonyl (C=O) groups excluding carboxylic acids is 1. The highest BCUT2D eigenvalue weighted by atomic mass is 35.5. The van der Waals surface area contributed by atoms with Crippen LogP contribution in [0.3, 0.4) is 0 Å². The Hall–Kier alpha value is -2.59. The van der Waals surface area contributed by atoms with Crippen LogP contribution < -0.4 is 0 Å². The molecule has 0 fully saturated rings. The van der Waals surface area contributed by atoms with Gasteiger partial charge in [-0.2, -0.15) is 10.1 Å². The third-order valence-corrected chi connectivity index (χ3v) is 7.30. The number of benzene rings is 1. The van der Waals surface area contributed by atoms with Gasteiger partial charge in [-0.25, -0.2) is 4.68 Å². The lowest BCUT2D eigenvalue weighted by Gasteiger charge is -2.27. The first-order chi connectivity index (χ1) is 15.8. The number of amides is 1. The molecule has 1 aliphatic heterocycles. The maximum atomic E-state index is 12.6. The first-order valence-corrected chi connectivity index (χ1v) is 12.4. The van der Waals surface area contributed by atoms with Gasteiger partial charge in [0.1, 0.15) is 11.2 Å². The molecule has 34 heavy (non-hydrogen) atoms. The SMILES string of the molecule is Cc1c(C2=NC(=O)C(C)(C)N2C)nn(-c2ccc(Cl)cc2Cl)c1-c1ccc(C#CC(C)(C)C)s1. The number of nitrogens with zero attached hydrogens (tertiary/aromatic N) is 4. The second kappa shape index (κ2) is 8.57. The number of hydrogen-bond acceptors (Lipinski definition) is 4. The maximum Gasteiger partial charge on any atom is 0.273 e. The van der Waals surface area contributed by atoms with E-state index in [0.29, 0.717) is 27.3 Å². The summed E-state index contributed by atoms with van der Waals surface area (Å²) in [6, 6.07) is 9.38. The molecule has 0 radical (unpaired) electrons. The summed E-state index contributed by atoms with van der Waals surface area (Å²) < 4.78 is 1.81. The Morgan fingerprint density at radius 3 is 2.41 bits per heavy atom. The van der Waals surface area contributed by atoms with Crippen molar-refractivity contribution in [3.63, 3.8) is 0 Å². The minimum absolute atomic E-state index is 0.0869. The summed E-state index contributed by atoms with van der Waals surface area (Å²) in [6.45, 7) is 12.0. The normalized spacial score (nSPS) is 15.4. The lowest BCUT2D eigenvalue weighted by molar-refractivity contribution is -0.123. The third-order valence-electron chi connectivity index (χ3n) is 5.76. The largest absolute Gasteiger partial charge is 0.343 e. The van der Waals surface area contributed by atoms with Crippen LogP contribution in [0, 0.1) is 24.2 Å². The number of rotatable bonds is 3. The molecule has 0 N–H and O–H groups in total. The Morgan fingerprint density at radius 1 is 1.12 bits per heavy atom. The molecule has 3 aromatic rings. The van der Waals surface area contributed by atoms with Gasteiger partial charge >= 0.3 is 0 Å². The molecule has 1 amide bonds. The predicted molar refractivity (Wildman–Crippen MR) is 141 cm³/mol. The van der Waals surface area contributed by atoms with Gasteiger partial charge in [-0.1, -0.05) is 35.0 Å². The quantitative estimate of drug-likeness (QED) is 0.371. The predicted octanol–water partition coefficient (Wildman–Crippen LogP) is 6.61. The highest BCUT2D eigenvalue weighted by Gasteiger charge is 2.42. The average Bonchev–Trinajstić information content (AvgIpc) is 3.38. The van der Waals surface area contributed by atoms with Crippen LogP contribution in [-0.4, -0.2) is 39.0 Å². The van der Waals surface area contributed by atoms with Crippen molar-refractivity contribution in [2.75, 3.05) is 7.05 Å². The highest BCUT2D eigenvalue weighted by Crippen LogP contribution is 2.37. The van der Waals surface area contributed by atoms with Crippen LogP contribution in [0.1, 0.15) is 50.8 Å². The molecule has 0 aliphatic carbocycles. The van der Waals surface area contributed by atoms with Crippen LogP contribution in [-0.2, 0) is 4.79 Å². The Morgan fingerprint density at radius 2 is 1.82 bits per heavy atom. The van der Waals surface area contributed by atoms with Crippen LogP contribution in [0.15, 0.2) is 35.3 Å². The van der Waals surface area contributed by atoms with Crippen LogP contribution in [0.25, 0.3) is 16.3 Å². The molecule has 176 valence electrons. The molecule has 0 unspecified atom stereocenters. The van der Waals surface area contributed by atoms with Crippen LogP contribution in [0.5, 0.6) is 0 Å². The zero-order valence-electron chi connectivity index (χ0n) is 20.2. The molecule has 0 saturated carbocycles. The van der Waals surface area contributed by atoms with E-state index in [1.807, 2.05) is 55.6 Å². The van der Waals surface area contributed by atoms with E-state index in [9.17, 15) is 4.79 Å². The minimum Gasteiger partial charge on any atom is -0.343 e. The fourth-order valence-corrected chi connectivity index (χ4v) is 4.97. The number of aromatic nitrogens is 2. The van der Waals surface area contributed by atoms with Crippen molar-refractivity contribution in [1.29, 1.82) is 0 Å². The maximum absolute atomic E-state index is 12.6. The van der Waals surface area contributed by atoms with E-state index in [4.69, 9.17) is 28.3 Å². The van der Waals surface area contributed by atoms with Gasteiger partial charge in [0.2, 0.25) is 0 Å². The number of amidine groups is 1. The molecule has 8 heteroatoms. The van der Waals surface area contributed by atoms with Crippen molar-refractivity contribution in [2.24, 2.45) is 10.4 Å². The number of likely N-dealkylation sites (N-methyl/N-ethyl adjacent to an activating group) is 1. The summed E-state index contributed by atoms with van der Waals surface area (Å²) in [5.41, 5.74) is 2.29.